The number of halogens is 3. The van der Waals surface area contributed by atoms with Crippen molar-refractivity contribution in [1.29, 1.82) is 0 Å². The van der Waals surface area contributed by atoms with Gasteiger partial charge in [0, 0.05) is 11.8 Å². The summed E-state index contributed by atoms with van der Waals surface area (Å²) in [6.07, 6.45) is -0.127. The third-order valence-corrected chi connectivity index (χ3v) is 4.82. The fourth-order valence-corrected chi connectivity index (χ4v) is 3.17. The Labute approximate surface area is 186 Å². The van der Waals surface area contributed by atoms with Crippen LogP contribution < -0.4 is 10.1 Å². The van der Waals surface area contributed by atoms with Crippen molar-refractivity contribution in [3.63, 3.8) is 0 Å². The molecule has 0 radical (unpaired) electrons. The van der Waals surface area contributed by atoms with E-state index in [9.17, 15) is 18.0 Å². The van der Waals surface area contributed by atoms with Gasteiger partial charge in [-0.2, -0.15) is 23.4 Å². The molecule has 0 saturated heterocycles. The average Bonchev–Trinajstić information content (AvgIpc) is 3.43. The molecule has 0 aliphatic rings. The highest BCUT2D eigenvalue weighted by Gasteiger charge is 2.30. The van der Waals surface area contributed by atoms with Gasteiger partial charge in [0.05, 0.1) is 35.2 Å². The van der Waals surface area contributed by atoms with Gasteiger partial charge in [0.15, 0.2) is 0 Å². The number of carbonyl (C=O) groups excluding carboxylic acids is 1. The van der Waals surface area contributed by atoms with Gasteiger partial charge < -0.3 is 10.1 Å². The molecule has 0 aliphatic carbocycles. The zero-order valence-corrected chi connectivity index (χ0v) is 17.5. The zero-order chi connectivity index (χ0) is 23.4. The van der Waals surface area contributed by atoms with Gasteiger partial charge in [-0.25, -0.2) is 14.3 Å². The molecule has 0 aliphatic heterocycles. The van der Waals surface area contributed by atoms with Gasteiger partial charge in [-0.15, -0.1) is 0 Å². The molecular formula is C22H19F3N6O2. The monoisotopic (exact) mass is 456 g/mol. The lowest BCUT2D eigenvalue weighted by atomic mass is 10.2. The Morgan fingerprint density at radius 3 is 2.70 bits per heavy atom. The van der Waals surface area contributed by atoms with Crippen LogP contribution in [0.4, 0.5) is 18.9 Å². The van der Waals surface area contributed by atoms with Crippen molar-refractivity contribution in [3.05, 3.63) is 84.2 Å². The van der Waals surface area contributed by atoms with E-state index in [2.05, 4.69) is 20.5 Å². The van der Waals surface area contributed by atoms with Gasteiger partial charge in [-0.1, -0.05) is 12.1 Å². The van der Waals surface area contributed by atoms with E-state index in [0.29, 0.717) is 30.3 Å². The van der Waals surface area contributed by atoms with E-state index in [0.717, 1.165) is 12.1 Å². The van der Waals surface area contributed by atoms with E-state index in [4.69, 9.17) is 4.74 Å². The molecule has 4 aromatic rings. The normalized spacial score (nSPS) is 11.4. The van der Waals surface area contributed by atoms with Crippen LogP contribution in [0.25, 0.3) is 5.69 Å². The van der Waals surface area contributed by atoms with Crippen LogP contribution in [0, 0.1) is 6.92 Å². The Kier molecular flexibility index (Phi) is 6.11. The number of carbonyl (C=O) groups is 1. The van der Waals surface area contributed by atoms with Gasteiger partial charge >= 0.3 is 6.18 Å². The standard InChI is InChI=1S/C22H19F3N6O2/c1-15-20(12-27-31(15)18-6-2-4-16(10-18)22(23,24)25)21(32)29-17-5-3-7-19(11-17)33-9-8-30-14-26-13-28-30/h2-7,10-14H,8-9H2,1H3,(H,29,32). The van der Waals surface area contributed by atoms with E-state index in [1.807, 2.05) is 0 Å². The van der Waals surface area contributed by atoms with E-state index >= 15 is 0 Å². The van der Waals surface area contributed by atoms with Crippen molar-refractivity contribution in [1.82, 2.24) is 24.5 Å². The number of anilines is 1. The Balaban J connectivity index is 1.45. The van der Waals surface area contributed by atoms with Crippen molar-refractivity contribution in [2.75, 3.05) is 11.9 Å². The first-order chi connectivity index (χ1) is 15.8. The molecule has 8 nitrogen and oxygen atoms in total. The SMILES string of the molecule is Cc1c(C(=O)Nc2cccc(OCCn3cncn3)c2)cnn1-c1cccc(C(F)(F)F)c1. The maximum absolute atomic E-state index is 13.0. The summed E-state index contributed by atoms with van der Waals surface area (Å²) in [7, 11) is 0. The Hall–Kier alpha value is -4.15. The lowest BCUT2D eigenvalue weighted by Gasteiger charge is -2.11. The summed E-state index contributed by atoms with van der Waals surface area (Å²) in [6, 6.07) is 11.6. The quantitative estimate of drug-likeness (QED) is 0.452. The van der Waals surface area contributed by atoms with Gasteiger partial charge in [-0.3, -0.25) is 4.79 Å². The highest BCUT2D eigenvalue weighted by Crippen LogP contribution is 2.30. The highest BCUT2D eigenvalue weighted by atomic mass is 19.4. The van der Waals surface area contributed by atoms with Gasteiger partial charge in [-0.05, 0) is 37.3 Å². The van der Waals surface area contributed by atoms with Crippen LogP contribution in [0.5, 0.6) is 5.75 Å². The molecule has 1 amide bonds. The zero-order valence-electron chi connectivity index (χ0n) is 17.5. The van der Waals surface area contributed by atoms with Crippen LogP contribution in [-0.2, 0) is 12.7 Å². The smallest absolute Gasteiger partial charge is 0.416 e. The third-order valence-electron chi connectivity index (χ3n) is 4.82. The summed E-state index contributed by atoms with van der Waals surface area (Å²) in [5, 5.41) is 10.9. The second-order valence-electron chi connectivity index (χ2n) is 7.09. The van der Waals surface area contributed by atoms with Crippen LogP contribution in [-0.4, -0.2) is 37.1 Å². The topological polar surface area (TPSA) is 86.9 Å². The minimum absolute atomic E-state index is 0.212. The Bertz CT molecular complexity index is 1250. The molecule has 0 atom stereocenters. The predicted molar refractivity (Wildman–Crippen MR) is 113 cm³/mol. The second kappa shape index (κ2) is 9.15. The molecule has 2 aromatic carbocycles. The van der Waals surface area contributed by atoms with Crippen molar-refractivity contribution in [3.8, 4) is 11.4 Å². The molecule has 4 rings (SSSR count). The summed E-state index contributed by atoms with van der Waals surface area (Å²) in [5.74, 6) is 0.120. The second-order valence-corrected chi connectivity index (χ2v) is 7.09. The number of rotatable bonds is 7. The minimum Gasteiger partial charge on any atom is -0.492 e. The number of ether oxygens (including phenoxy) is 1. The number of nitrogens with one attached hydrogen (secondary N) is 1. The van der Waals surface area contributed by atoms with Crippen LogP contribution >= 0.6 is 0 Å². The Morgan fingerprint density at radius 2 is 1.94 bits per heavy atom. The fraction of sp³-hybridized carbons (Fsp3) is 0.182. The van der Waals surface area contributed by atoms with E-state index in [-0.39, 0.29) is 11.3 Å². The van der Waals surface area contributed by atoms with Crippen LogP contribution in [0.2, 0.25) is 0 Å². The van der Waals surface area contributed by atoms with Gasteiger partial charge in [0.1, 0.15) is 25.0 Å². The average molecular weight is 456 g/mol. The minimum atomic E-state index is -4.47. The molecule has 0 spiro atoms. The number of alkyl halides is 3. The number of hydrogen-bond donors (Lipinski definition) is 1. The molecule has 1 N–H and O–H groups in total. The molecule has 0 unspecified atom stereocenters. The number of aromatic nitrogens is 5. The summed E-state index contributed by atoms with van der Waals surface area (Å²) >= 11 is 0. The molecule has 2 aromatic heterocycles. The van der Waals surface area contributed by atoms with E-state index in [1.54, 1.807) is 42.2 Å². The number of nitrogens with zero attached hydrogens (tertiary/aromatic N) is 5. The molecule has 170 valence electrons. The van der Waals surface area contributed by atoms with E-state index < -0.39 is 17.6 Å². The lowest BCUT2D eigenvalue weighted by molar-refractivity contribution is -0.137. The van der Waals surface area contributed by atoms with Crippen LogP contribution in [0.3, 0.4) is 0 Å². The van der Waals surface area contributed by atoms with Crippen molar-refractivity contribution in [2.45, 2.75) is 19.6 Å². The first-order valence-electron chi connectivity index (χ1n) is 9.90. The largest absolute Gasteiger partial charge is 0.492 e. The van der Waals surface area contributed by atoms with Crippen molar-refractivity contribution < 1.29 is 22.7 Å². The summed E-state index contributed by atoms with van der Waals surface area (Å²) in [4.78, 5) is 16.6. The maximum Gasteiger partial charge on any atom is 0.416 e. The van der Waals surface area contributed by atoms with Crippen LogP contribution in [0.15, 0.2) is 67.4 Å². The first kappa shape index (κ1) is 22.1. The van der Waals surface area contributed by atoms with Crippen molar-refractivity contribution in [2.24, 2.45) is 0 Å². The highest BCUT2D eigenvalue weighted by molar-refractivity contribution is 6.05. The maximum atomic E-state index is 13.0. The molecule has 11 heteroatoms. The molecule has 0 fully saturated rings. The number of benzene rings is 2. The summed E-state index contributed by atoms with van der Waals surface area (Å²) < 4.78 is 47.7. The molecule has 2 heterocycles. The van der Waals surface area contributed by atoms with Crippen molar-refractivity contribution >= 4 is 11.6 Å². The van der Waals surface area contributed by atoms with Crippen LogP contribution in [0.1, 0.15) is 21.6 Å². The van der Waals surface area contributed by atoms with Gasteiger partial charge in [0.2, 0.25) is 0 Å². The Morgan fingerprint density at radius 1 is 1.12 bits per heavy atom. The molecular weight excluding hydrogens is 437 g/mol. The lowest BCUT2D eigenvalue weighted by Crippen LogP contribution is -2.13. The van der Waals surface area contributed by atoms with E-state index in [1.165, 1.54) is 29.3 Å². The van der Waals surface area contributed by atoms with Gasteiger partial charge in [0.25, 0.3) is 5.91 Å². The summed E-state index contributed by atoms with van der Waals surface area (Å²) in [5.41, 5.74) is 0.576. The number of hydrogen-bond acceptors (Lipinski definition) is 5. The molecule has 0 saturated carbocycles. The fourth-order valence-electron chi connectivity index (χ4n) is 3.17. The number of amides is 1. The summed E-state index contributed by atoms with van der Waals surface area (Å²) in [6.45, 7) is 2.50. The first-order valence-corrected chi connectivity index (χ1v) is 9.90. The predicted octanol–water partition coefficient (Wildman–Crippen LogP) is 4.12. The molecule has 0 bridgehead atoms. The third kappa shape index (κ3) is 5.20. The molecule has 33 heavy (non-hydrogen) atoms.